The Kier molecular flexibility index (Phi) is 7.76. The van der Waals surface area contributed by atoms with E-state index in [0.717, 1.165) is 31.4 Å². The number of aryl methyl sites for hydroxylation is 1. The number of ether oxygens (including phenoxy) is 3. The molecular weight excluding hydrogens is 348 g/mol. The van der Waals surface area contributed by atoms with Gasteiger partial charge in [0, 0.05) is 25.9 Å². The number of rotatable bonds is 9. The molecule has 1 atom stereocenters. The lowest BCUT2D eigenvalue weighted by Crippen LogP contribution is -2.40. The van der Waals surface area contributed by atoms with Gasteiger partial charge in [0.25, 0.3) is 0 Å². The number of hydrogen-bond donors (Lipinski definition) is 1. The van der Waals surface area contributed by atoms with Crippen molar-refractivity contribution in [3.05, 3.63) is 17.7 Å². The zero-order chi connectivity index (χ0) is 19.8. The van der Waals surface area contributed by atoms with Gasteiger partial charge in [0.1, 0.15) is 0 Å². The van der Waals surface area contributed by atoms with Crippen molar-refractivity contribution in [2.75, 3.05) is 34.4 Å². The van der Waals surface area contributed by atoms with Gasteiger partial charge in [-0.2, -0.15) is 0 Å². The second kappa shape index (κ2) is 10.0. The number of likely N-dealkylation sites (tertiary alicyclic amines) is 1. The molecule has 0 bridgehead atoms. The summed E-state index contributed by atoms with van der Waals surface area (Å²) in [7, 11) is 4.72. The summed E-state index contributed by atoms with van der Waals surface area (Å²) in [6.07, 6.45) is 4.17. The maximum Gasteiger partial charge on any atom is 0.222 e. The average molecular weight is 378 g/mol. The van der Waals surface area contributed by atoms with Crippen molar-refractivity contribution >= 4 is 11.8 Å². The van der Waals surface area contributed by atoms with Crippen LogP contribution in [0.25, 0.3) is 0 Å². The first-order chi connectivity index (χ1) is 13.0. The number of hydrogen-bond acceptors (Lipinski definition) is 5. The fraction of sp³-hybridized carbons (Fsp3) is 0.600. The zero-order valence-electron chi connectivity index (χ0n) is 16.5. The number of carbonyl (C=O) groups is 2. The van der Waals surface area contributed by atoms with Gasteiger partial charge in [0.05, 0.1) is 21.3 Å². The van der Waals surface area contributed by atoms with Crippen LogP contribution in [0.3, 0.4) is 0 Å². The molecule has 1 fully saturated rings. The summed E-state index contributed by atoms with van der Waals surface area (Å²) < 4.78 is 16.1. The highest BCUT2D eigenvalue weighted by Crippen LogP contribution is 2.38. The highest BCUT2D eigenvalue weighted by molar-refractivity contribution is 5.76. The minimum Gasteiger partial charge on any atom is -0.493 e. The van der Waals surface area contributed by atoms with Crippen molar-refractivity contribution in [2.24, 2.45) is 11.7 Å². The van der Waals surface area contributed by atoms with E-state index in [0.29, 0.717) is 49.0 Å². The van der Waals surface area contributed by atoms with Gasteiger partial charge >= 0.3 is 0 Å². The molecule has 1 aliphatic rings. The third-order valence-corrected chi connectivity index (χ3v) is 5.02. The van der Waals surface area contributed by atoms with Crippen molar-refractivity contribution in [3.63, 3.8) is 0 Å². The van der Waals surface area contributed by atoms with E-state index in [1.807, 2.05) is 17.0 Å². The largest absolute Gasteiger partial charge is 0.493 e. The van der Waals surface area contributed by atoms with Gasteiger partial charge in [-0.05, 0) is 49.3 Å². The number of benzene rings is 1. The number of carbonyl (C=O) groups excluding carboxylic acids is 2. The summed E-state index contributed by atoms with van der Waals surface area (Å²) in [5.41, 5.74) is 6.19. The summed E-state index contributed by atoms with van der Waals surface area (Å²) >= 11 is 0. The van der Waals surface area contributed by atoms with E-state index in [2.05, 4.69) is 0 Å². The monoisotopic (exact) mass is 378 g/mol. The van der Waals surface area contributed by atoms with Crippen LogP contribution in [0, 0.1) is 5.92 Å². The first-order valence-electron chi connectivity index (χ1n) is 9.33. The summed E-state index contributed by atoms with van der Waals surface area (Å²) in [6, 6.07) is 3.75. The molecule has 27 heavy (non-hydrogen) atoms. The minimum atomic E-state index is -0.277. The summed E-state index contributed by atoms with van der Waals surface area (Å²) in [4.78, 5) is 25.5. The standard InChI is InChI=1S/C20H30N2O5/c1-25-16-11-15(12-17(26-2)20(16)27-3)7-9-19(24)22-10-4-5-14(13-22)6-8-18(21)23/h11-12,14H,4-10,13H2,1-3H3,(H2,21,23). The van der Waals surface area contributed by atoms with E-state index >= 15 is 0 Å². The molecule has 2 amide bonds. The predicted molar refractivity (Wildman–Crippen MR) is 102 cm³/mol. The van der Waals surface area contributed by atoms with Gasteiger partial charge in [-0.1, -0.05) is 0 Å². The summed E-state index contributed by atoms with van der Waals surface area (Å²) in [5.74, 6) is 1.93. The first kappa shape index (κ1) is 20.9. The second-order valence-corrected chi connectivity index (χ2v) is 6.89. The molecule has 1 saturated heterocycles. The molecule has 150 valence electrons. The third kappa shape index (κ3) is 5.77. The molecule has 1 heterocycles. The zero-order valence-corrected chi connectivity index (χ0v) is 16.5. The highest BCUT2D eigenvalue weighted by atomic mass is 16.5. The van der Waals surface area contributed by atoms with Crippen LogP contribution in [0.1, 0.15) is 37.7 Å². The number of piperidine rings is 1. The normalized spacial score (nSPS) is 16.7. The lowest BCUT2D eigenvalue weighted by molar-refractivity contribution is -0.133. The second-order valence-electron chi connectivity index (χ2n) is 6.89. The number of amides is 2. The first-order valence-corrected chi connectivity index (χ1v) is 9.33. The molecule has 7 nitrogen and oxygen atoms in total. The van der Waals surface area contributed by atoms with Crippen molar-refractivity contribution in [2.45, 2.75) is 38.5 Å². The molecule has 0 aromatic heterocycles. The van der Waals surface area contributed by atoms with E-state index in [4.69, 9.17) is 19.9 Å². The Labute approximate surface area is 160 Å². The SMILES string of the molecule is COc1cc(CCC(=O)N2CCCC(CCC(N)=O)C2)cc(OC)c1OC. The molecule has 2 N–H and O–H groups in total. The molecule has 1 aliphatic heterocycles. The number of nitrogens with two attached hydrogens (primary N) is 1. The Balaban J connectivity index is 1.95. The number of primary amides is 1. The summed E-state index contributed by atoms with van der Waals surface area (Å²) in [6.45, 7) is 1.49. The van der Waals surface area contributed by atoms with Crippen LogP contribution in [0.2, 0.25) is 0 Å². The molecular formula is C20H30N2O5. The average Bonchev–Trinajstić information content (AvgIpc) is 2.69. The molecule has 0 spiro atoms. The third-order valence-electron chi connectivity index (χ3n) is 5.02. The van der Waals surface area contributed by atoms with Crippen LogP contribution in [-0.2, 0) is 16.0 Å². The van der Waals surface area contributed by atoms with Crippen molar-refractivity contribution in [1.82, 2.24) is 4.90 Å². The topological polar surface area (TPSA) is 91.1 Å². The minimum absolute atomic E-state index is 0.132. The Hall–Kier alpha value is -2.44. The maximum absolute atomic E-state index is 12.6. The summed E-state index contributed by atoms with van der Waals surface area (Å²) in [5, 5.41) is 0. The fourth-order valence-electron chi connectivity index (χ4n) is 3.56. The predicted octanol–water partition coefficient (Wildman–Crippen LogP) is 2.15. The molecule has 1 aromatic carbocycles. The lowest BCUT2D eigenvalue weighted by atomic mass is 9.93. The maximum atomic E-state index is 12.6. The molecule has 1 aromatic rings. The molecule has 0 radical (unpaired) electrons. The van der Waals surface area contributed by atoms with E-state index < -0.39 is 0 Å². The van der Waals surface area contributed by atoms with Crippen molar-refractivity contribution in [3.8, 4) is 17.2 Å². The smallest absolute Gasteiger partial charge is 0.222 e. The lowest BCUT2D eigenvalue weighted by Gasteiger charge is -2.32. The van der Waals surface area contributed by atoms with E-state index in [1.54, 1.807) is 21.3 Å². The Bertz CT molecular complexity index is 637. The van der Waals surface area contributed by atoms with Gasteiger partial charge in [0.2, 0.25) is 17.6 Å². The molecule has 0 saturated carbocycles. The fourth-order valence-corrected chi connectivity index (χ4v) is 3.56. The quantitative estimate of drug-likeness (QED) is 0.711. The van der Waals surface area contributed by atoms with Gasteiger partial charge < -0.3 is 24.8 Å². The van der Waals surface area contributed by atoms with Gasteiger partial charge in [-0.15, -0.1) is 0 Å². The van der Waals surface area contributed by atoms with Crippen molar-refractivity contribution < 1.29 is 23.8 Å². The van der Waals surface area contributed by atoms with Gasteiger partial charge in [0.15, 0.2) is 11.5 Å². The van der Waals surface area contributed by atoms with Crippen LogP contribution in [0.4, 0.5) is 0 Å². The van der Waals surface area contributed by atoms with Crippen LogP contribution in [0.5, 0.6) is 17.2 Å². The van der Waals surface area contributed by atoms with E-state index in [1.165, 1.54) is 0 Å². The Morgan fingerprint density at radius 1 is 1.11 bits per heavy atom. The molecule has 1 unspecified atom stereocenters. The van der Waals surface area contributed by atoms with Gasteiger partial charge in [-0.3, -0.25) is 9.59 Å². The van der Waals surface area contributed by atoms with Crippen molar-refractivity contribution in [1.29, 1.82) is 0 Å². The number of nitrogens with zero attached hydrogens (tertiary/aromatic N) is 1. The Morgan fingerprint density at radius 3 is 2.33 bits per heavy atom. The molecule has 7 heteroatoms. The van der Waals surface area contributed by atoms with Crippen LogP contribution in [-0.4, -0.2) is 51.1 Å². The van der Waals surface area contributed by atoms with Crippen LogP contribution in [0.15, 0.2) is 12.1 Å². The Morgan fingerprint density at radius 2 is 1.78 bits per heavy atom. The molecule has 2 rings (SSSR count). The van der Waals surface area contributed by atoms with Crippen LogP contribution < -0.4 is 19.9 Å². The van der Waals surface area contributed by atoms with E-state index in [-0.39, 0.29) is 11.8 Å². The van der Waals surface area contributed by atoms with Gasteiger partial charge in [-0.25, -0.2) is 0 Å². The van der Waals surface area contributed by atoms with E-state index in [9.17, 15) is 9.59 Å². The molecule has 0 aliphatic carbocycles. The van der Waals surface area contributed by atoms with Crippen LogP contribution >= 0.6 is 0 Å². The number of methoxy groups -OCH3 is 3. The highest BCUT2D eigenvalue weighted by Gasteiger charge is 2.24.